The summed E-state index contributed by atoms with van der Waals surface area (Å²) in [6, 6.07) is 11.4. The summed E-state index contributed by atoms with van der Waals surface area (Å²) in [6.45, 7) is 0. The minimum atomic E-state index is -4.71. The van der Waals surface area contributed by atoms with Crippen molar-refractivity contribution < 1.29 is 17.6 Å². The Labute approximate surface area is 129 Å². The molecule has 0 aliphatic rings. The normalized spacial score (nSPS) is 12.5. The molecule has 1 nitrogen and oxygen atoms in total. The molecular weight excluding hydrogens is 318 g/mol. The lowest BCUT2D eigenvalue weighted by Gasteiger charge is -2.12. The van der Waals surface area contributed by atoms with E-state index >= 15 is 0 Å². The third kappa shape index (κ3) is 3.29. The molecule has 0 saturated carbocycles. The van der Waals surface area contributed by atoms with Gasteiger partial charge in [0.2, 0.25) is 0 Å². The SMILES string of the molecule is N#CC(=C(F)c1ccccc1C(F)(F)F)c1ccc(Cl)cc1. The summed E-state index contributed by atoms with van der Waals surface area (Å²) < 4.78 is 53.3. The molecule has 22 heavy (non-hydrogen) atoms. The van der Waals surface area contributed by atoms with Gasteiger partial charge in [0.05, 0.1) is 11.1 Å². The summed E-state index contributed by atoms with van der Waals surface area (Å²) in [6.07, 6.45) is -4.71. The molecule has 0 N–H and O–H groups in total. The van der Waals surface area contributed by atoms with Crippen molar-refractivity contribution in [1.29, 1.82) is 5.26 Å². The number of allylic oxidation sites excluding steroid dienone is 1. The third-order valence-electron chi connectivity index (χ3n) is 2.93. The first-order chi connectivity index (χ1) is 10.3. The Kier molecular flexibility index (Phi) is 4.53. The van der Waals surface area contributed by atoms with Gasteiger partial charge in [0.25, 0.3) is 0 Å². The second-order valence-corrected chi connectivity index (χ2v) is 4.79. The summed E-state index contributed by atoms with van der Waals surface area (Å²) in [5.74, 6) is -1.22. The molecule has 0 aromatic heterocycles. The number of nitriles is 1. The number of nitrogens with zero attached hydrogens (tertiary/aromatic N) is 1. The number of benzene rings is 2. The second-order valence-electron chi connectivity index (χ2n) is 4.35. The molecule has 2 aromatic rings. The van der Waals surface area contributed by atoms with Crippen molar-refractivity contribution in [2.45, 2.75) is 6.18 Å². The topological polar surface area (TPSA) is 23.8 Å². The molecule has 0 aliphatic carbocycles. The molecule has 0 radical (unpaired) electrons. The molecule has 2 aromatic carbocycles. The van der Waals surface area contributed by atoms with E-state index in [1.54, 1.807) is 6.07 Å². The molecule has 0 spiro atoms. The van der Waals surface area contributed by atoms with E-state index in [1.807, 2.05) is 0 Å². The first-order valence-electron chi connectivity index (χ1n) is 6.07. The zero-order valence-corrected chi connectivity index (χ0v) is 11.7. The molecule has 0 atom stereocenters. The van der Waals surface area contributed by atoms with E-state index < -0.39 is 28.7 Å². The van der Waals surface area contributed by atoms with E-state index in [9.17, 15) is 17.6 Å². The second kappa shape index (κ2) is 6.20. The van der Waals surface area contributed by atoms with E-state index in [4.69, 9.17) is 16.9 Å². The van der Waals surface area contributed by atoms with Crippen LogP contribution in [0.2, 0.25) is 5.02 Å². The van der Waals surface area contributed by atoms with Gasteiger partial charge in [-0.15, -0.1) is 0 Å². The minimum absolute atomic E-state index is 0.154. The van der Waals surface area contributed by atoms with Crippen LogP contribution in [-0.2, 0) is 6.18 Å². The Morgan fingerprint density at radius 1 is 1.00 bits per heavy atom. The molecule has 0 bridgehead atoms. The van der Waals surface area contributed by atoms with Crippen LogP contribution in [-0.4, -0.2) is 0 Å². The van der Waals surface area contributed by atoms with Crippen LogP contribution >= 0.6 is 11.6 Å². The van der Waals surface area contributed by atoms with Crippen molar-refractivity contribution in [2.24, 2.45) is 0 Å². The maximum Gasteiger partial charge on any atom is 0.417 e. The van der Waals surface area contributed by atoms with Crippen LogP contribution in [0.1, 0.15) is 16.7 Å². The average Bonchev–Trinajstić information content (AvgIpc) is 2.49. The highest BCUT2D eigenvalue weighted by Gasteiger charge is 2.34. The predicted molar refractivity (Wildman–Crippen MR) is 76.4 cm³/mol. The summed E-state index contributed by atoms with van der Waals surface area (Å²) >= 11 is 5.70. The van der Waals surface area contributed by atoms with Gasteiger partial charge in [-0.1, -0.05) is 41.9 Å². The molecule has 0 fully saturated rings. The molecular formula is C16H8ClF4N. The quantitative estimate of drug-likeness (QED) is 0.393. The summed E-state index contributed by atoms with van der Waals surface area (Å²) in [5.41, 5.74) is -2.12. The van der Waals surface area contributed by atoms with Gasteiger partial charge in [-0.05, 0) is 23.8 Å². The van der Waals surface area contributed by atoms with E-state index in [0.717, 1.165) is 18.2 Å². The Hall–Kier alpha value is -2.32. The van der Waals surface area contributed by atoms with Crippen molar-refractivity contribution in [3.05, 3.63) is 70.2 Å². The zero-order valence-electron chi connectivity index (χ0n) is 11.0. The standard InChI is InChI=1S/C16H8ClF4N/c17-11-7-5-10(6-8-11)13(9-22)15(18)12-3-1-2-4-14(12)16(19,20)21/h1-8H. The molecule has 2 rings (SSSR count). The van der Waals surface area contributed by atoms with Crippen molar-refractivity contribution in [1.82, 2.24) is 0 Å². The van der Waals surface area contributed by atoms with Crippen LogP contribution in [0.3, 0.4) is 0 Å². The summed E-state index contributed by atoms with van der Waals surface area (Å²) in [5, 5.41) is 9.48. The van der Waals surface area contributed by atoms with Crippen molar-refractivity contribution >= 4 is 23.0 Å². The molecule has 0 heterocycles. The summed E-state index contributed by atoms with van der Waals surface area (Å²) in [7, 11) is 0. The first kappa shape index (κ1) is 16.1. The van der Waals surface area contributed by atoms with Gasteiger partial charge in [-0.3, -0.25) is 0 Å². The smallest absolute Gasteiger partial charge is 0.205 e. The lowest BCUT2D eigenvalue weighted by Crippen LogP contribution is -2.08. The Bertz CT molecular complexity index is 755. The van der Waals surface area contributed by atoms with Gasteiger partial charge in [0, 0.05) is 10.6 Å². The Balaban J connectivity index is 2.65. The highest BCUT2D eigenvalue weighted by atomic mass is 35.5. The van der Waals surface area contributed by atoms with Gasteiger partial charge in [0.15, 0.2) is 0 Å². The van der Waals surface area contributed by atoms with Gasteiger partial charge in [-0.25, -0.2) is 4.39 Å². The predicted octanol–water partition coefficient (Wildman–Crippen LogP) is 5.72. The van der Waals surface area contributed by atoms with Crippen molar-refractivity contribution in [2.75, 3.05) is 0 Å². The number of alkyl halides is 3. The molecule has 6 heteroatoms. The molecule has 0 aliphatic heterocycles. The Morgan fingerprint density at radius 2 is 1.59 bits per heavy atom. The fraction of sp³-hybridized carbons (Fsp3) is 0.0625. The van der Waals surface area contributed by atoms with Crippen molar-refractivity contribution in [3.63, 3.8) is 0 Å². The Morgan fingerprint density at radius 3 is 2.14 bits per heavy atom. The molecule has 112 valence electrons. The van der Waals surface area contributed by atoms with Crippen molar-refractivity contribution in [3.8, 4) is 6.07 Å². The van der Waals surface area contributed by atoms with E-state index in [1.165, 1.54) is 30.3 Å². The van der Waals surface area contributed by atoms with E-state index in [2.05, 4.69) is 0 Å². The van der Waals surface area contributed by atoms with Crippen LogP contribution in [0.4, 0.5) is 17.6 Å². The number of halogens is 5. The first-order valence-corrected chi connectivity index (χ1v) is 6.45. The van der Waals surface area contributed by atoms with Crippen LogP contribution in [0.5, 0.6) is 0 Å². The van der Waals surface area contributed by atoms with Gasteiger partial charge in [-0.2, -0.15) is 18.4 Å². The maximum absolute atomic E-state index is 14.5. The zero-order chi connectivity index (χ0) is 16.3. The fourth-order valence-corrected chi connectivity index (χ4v) is 2.04. The number of rotatable bonds is 2. The van der Waals surface area contributed by atoms with E-state index in [-0.39, 0.29) is 5.56 Å². The number of hydrogen-bond acceptors (Lipinski definition) is 1. The van der Waals surface area contributed by atoms with Gasteiger partial charge >= 0.3 is 6.18 Å². The summed E-state index contributed by atoms with van der Waals surface area (Å²) in [4.78, 5) is 0. The highest BCUT2D eigenvalue weighted by molar-refractivity contribution is 6.30. The number of hydrogen-bond donors (Lipinski definition) is 0. The maximum atomic E-state index is 14.5. The van der Waals surface area contributed by atoms with Crippen LogP contribution in [0.25, 0.3) is 11.4 Å². The lowest BCUT2D eigenvalue weighted by molar-refractivity contribution is -0.137. The van der Waals surface area contributed by atoms with Gasteiger partial charge < -0.3 is 0 Å². The monoisotopic (exact) mass is 325 g/mol. The molecule has 0 unspecified atom stereocenters. The van der Waals surface area contributed by atoms with Crippen LogP contribution in [0.15, 0.2) is 48.5 Å². The highest BCUT2D eigenvalue weighted by Crippen LogP contribution is 2.37. The van der Waals surface area contributed by atoms with E-state index in [0.29, 0.717) is 5.02 Å². The lowest BCUT2D eigenvalue weighted by atomic mass is 9.99. The fourth-order valence-electron chi connectivity index (χ4n) is 1.91. The largest absolute Gasteiger partial charge is 0.417 e. The molecule has 0 amide bonds. The van der Waals surface area contributed by atoms with Crippen LogP contribution < -0.4 is 0 Å². The van der Waals surface area contributed by atoms with Gasteiger partial charge in [0.1, 0.15) is 11.9 Å². The minimum Gasteiger partial charge on any atom is -0.205 e. The third-order valence-corrected chi connectivity index (χ3v) is 3.19. The molecule has 0 saturated heterocycles. The average molecular weight is 326 g/mol. The van der Waals surface area contributed by atoms with Crippen LogP contribution in [0, 0.1) is 11.3 Å².